The van der Waals surface area contributed by atoms with Crippen molar-refractivity contribution in [1.29, 1.82) is 0 Å². The molecule has 4 N–H and O–H groups in total. The van der Waals surface area contributed by atoms with E-state index in [1.165, 1.54) is 0 Å². The Bertz CT molecular complexity index is 607. The number of aromatic amines is 1. The fourth-order valence-electron chi connectivity index (χ4n) is 1.85. The molecule has 0 saturated carbocycles. The molecular formula is C13H15N3O3. The summed E-state index contributed by atoms with van der Waals surface area (Å²) in [4.78, 5) is 18.0. The summed E-state index contributed by atoms with van der Waals surface area (Å²) in [6, 6.07) is 6.23. The van der Waals surface area contributed by atoms with Crippen molar-refractivity contribution in [2.24, 2.45) is 5.73 Å². The smallest absolute Gasteiger partial charge is 0.328 e. The Morgan fingerprint density at radius 1 is 1.47 bits per heavy atom. The van der Waals surface area contributed by atoms with E-state index in [-0.39, 0.29) is 5.82 Å². The van der Waals surface area contributed by atoms with Gasteiger partial charge in [-0.1, -0.05) is 12.1 Å². The molecule has 0 saturated heterocycles. The lowest BCUT2D eigenvalue weighted by atomic mass is 10.1. The van der Waals surface area contributed by atoms with Gasteiger partial charge in [0.25, 0.3) is 0 Å². The average molecular weight is 261 g/mol. The van der Waals surface area contributed by atoms with Crippen LogP contribution in [0.2, 0.25) is 0 Å². The summed E-state index contributed by atoms with van der Waals surface area (Å²) in [6.07, 6.45) is 0. The highest BCUT2D eigenvalue weighted by molar-refractivity contribution is 5.75. The number of benzene rings is 1. The molecule has 6 nitrogen and oxygen atoms in total. The lowest BCUT2D eigenvalue weighted by Crippen LogP contribution is -2.21. The number of carboxylic acids is 1. The second-order valence-corrected chi connectivity index (χ2v) is 4.11. The number of methoxy groups -OCH3 is 1. The zero-order chi connectivity index (χ0) is 14.0. The molecule has 0 spiro atoms. The van der Waals surface area contributed by atoms with E-state index in [9.17, 15) is 4.79 Å². The molecule has 0 aliphatic heterocycles. The molecule has 0 radical (unpaired) electrons. The SMILES string of the molecule is COc1ccccc1-c1nc(C(N)C(=O)O)[nH]c1C. The zero-order valence-electron chi connectivity index (χ0n) is 10.7. The number of aromatic nitrogens is 2. The zero-order valence-corrected chi connectivity index (χ0v) is 10.7. The first kappa shape index (κ1) is 13.1. The number of para-hydroxylation sites is 1. The molecule has 1 heterocycles. The van der Waals surface area contributed by atoms with Crippen LogP contribution in [0.25, 0.3) is 11.3 Å². The first-order valence-corrected chi connectivity index (χ1v) is 5.73. The maximum Gasteiger partial charge on any atom is 0.328 e. The summed E-state index contributed by atoms with van der Waals surface area (Å²) in [5.41, 5.74) is 7.73. The number of nitrogens with one attached hydrogen (secondary N) is 1. The topological polar surface area (TPSA) is 101 Å². The molecule has 0 amide bonds. The molecule has 1 atom stereocenters. The van der Waals surface area contributed by atoms with Gasteiger partial charge in [-0.3, -0.25) is 4.79 Å². The molecule has 1 aromatic heterocycles. The Balaban J connectivity index is 2.49. The summed E-state index contributed by atoms with van der Waals surface area (Å²) in [5.74, 6) is -0.223. The largest absolute Gasteiger partial charge is 0.496 e. The predicted octanol–water partition coefficient (Wildman–Crippen LogP) is 1.48. The quantitative estimate of drug-likeness (QED) is 0.773. The highest BCUT2D eigenvalue weighted by Gasteiger charge is 2.21. The molecule has 6 heteroatoms. The number of carboxylic acid groups (broad SMARTS) is 1. The molecule has 1 aromatic carbocycles. The van der Waals surface area contributed by atoms with Crippen LogP contribution in [-0.4, -0.2) is 28.2 Å². The Kier molecular flexibility index (Phi) is 3.52. The molecule has 2 aromatic rings. The van der Waals surface area contributed by atoms with E-state index >= 15 is 0 Å². The van der Waals surface area contributed by atoms with E-state index in [1.54, 1.807) is 7.11 Å². The Labute approximate surface area is 110 Å². The van der Waals surface area contributed by atoms with Gasteiger partial charge in [-0.15, -0.1) is 0 Å². The number of H-pyrrole nitrogens is 1. The maximum atomic E-state index is 10.9. The third-order valence-electron chi connectivity index (χ3n) is 2.83. The summed E-state index contributed by atoms with van der Waals surface area (Å²) in [6.45, 7) is 1.81. The summed E-state index contributed by atoms with van der Waals surface area (Å²) < 4.78 is 5.27. The van der Waals surface area contributed by atoms with E-state index in [2.05, 4.69) is 9.97 Å². The van der Waals surface area contributed by atoms with Crippen LogP contribution < -0.4 is 10.5 Å². The highest BCUT2D eigenvalue weighted by atomic mass is 16.5. The third kappa shape index (κ3) is 2.43. The van der Waals surface area contributed by atoms with Crippen LogP contribution >= 0.6 is 0 Å². The molecule has 2 rings (SSSR count). The van der Waals surface area contributed by atoms with Crippen molar-refractivity contribution >= 4 is 5.97 Å². The second kappa shape index (κ2) is 5.11. The minimum absolute atomic E-state index is 0.228. The summed E-state index contributed by atoms with van der Waals surface area (Å²) in [7, 11) is 1.57. The van der Waals surface area contributed by atoms with E-state index in [0.717, 1.165) is 11.3 Å². The number of nitrogens with zero attached hydrogens (tertiary/aromatic N) is 1. The van der Waals surface area contributed by atoms with Gasteiger partial charge >= 0.3 is 5.97 Å². The van der Waals surface area contributed by atoms with Crippen LogP contribution in [0.3, 0.4) is 0 Å². The minimum Gasteiger partial charge on any atom is -0.496 e. The van der Waals surface area contributed by atoms with Crippen molar-refractivity contribution in [3.8, 4) is 17.0 Å². The molecule has 19 heavy (non-hydrogen) atoms. The van der Waals surface area contributed by atoms with Crippen LogP contribution in [0.5, 0.6) is 5.75 Å². The summed E-state index contributed by atoms with van der Waals surface area (Å²) in [5, 5.41) is 8.90. The number of hydrogen-bond donors (Lipinski definition) is 3. The van der Waals surface area contributed by atoms with Crippen LogP contribution in [0.1, 0.15) is 17.6 Å². The lowest BCUT2D eigenvalue weighted by Gasteiger charge is -2.06. The fraction of sp³-hybridized carbons (Fsp3) is 0.231. The molecule has 0 aliphatic carbocycles. The maximum absolute atomic E-state index is 10.9. The molecule has 0 aliphatic rings. The molecule has 0 bridgehead atoms. The normalized spacial score (nSPS) is 12.2. The number of aryl methyl sites for hydroxylation is 1. The Morgan fingerprint density at radius 3 is 2.79 bits per heavy atom. The number of hydrogen-bond acceptors (Lipinski definition) is 4. The molecule has 100 valence electrons. The fourth-order valence-corrected chi connectivity index (χ4v) is 1.85. The number of ether oxygens (including phenoxy) is 1. The Morgan fingerprint density at radius 2 is 2.16 bits per heavy atom. The van der Waals surface area contributed by atoms with Gasteiger partial charge in [-0.05, 0) is 19.1 Å². The summed E-state index contributed by atoms with van der Waals surface area (Å²) >= 11 is 0. The van der Waals surface area contributed by atoms with Crippen molar-refractivity contribution in [3.63, 3.8) is 0 Å². The van der Waals surface area contributed by atoms with Gasteiger partial charge in [0.1, 0.15) is 11.6 Å². The minimum atomic E-state index is -1.16. The van der Waals surface area contributed by atoms with Crippen LogP contribution in [0.15, 0.2) is 24.3 Å². The van der Waals surface area contributed by atoms with Crippen molar-refractivity contribution < 1.29 is 14.6 Å². The van der Waals surface area contributed by atoms with Crippen molar-refractivity contribution in [3.05, 3.63) is 35.8 Å². The molecular weight excluding hydrogens is 246 g/mol. The number of carbonyl (C=O) groups is 1. The van der Waals surface area contributed by atoms with Gasteiger partial charge in [0.2, 0.25) is 0 Å². The van der Waals surface area contributed by atoms with Crippen LogP contribution in [0, 0.1) is 6.92 Å². The van der Waals surface area contributed by atoms with Crippen molar-refractivity contribution in [1.82, 2.24) is 9.97 Å². The average Bonchev–Trinajstić information content (AvgIpc) is 2.79. The highest BCUT2D eigenvalue weighted by Crippen LogP contribution is 2.30. The van der Waals surface area contributed by atoms with E-state index in [0.29, 0.717) is 11.4 Å². The molecule has 1 unspecified atom stereocenters. The van der Waals surface area contributed by atoms with Gasteiger partial charge in [-0.2, -0.15) is 0 Å². The van der Waals surface area contributed by atoms with Gasteiger partial charge in [0, 0.05) is 11.3 Å². The number of aliphatic carboxylic acids is 1. The van der Waals surface area contributed by atoms with Gasteiger partial charge in [0.05, 0.1) is 12.8 Å². The van der Waals surface area contributed by atoms with Gasteiger partial charge < -0.3 is 20.6 Å². The van der Waals surface area contributed by atoms with Gasteiger partial charge in [0.15, 0.2) is 6.04 Å². The number of nitrogens with two attached hydrogens (primary N) is 1. The predicted molar refractivity (Wildman–Crippen MR) is 69.9 cm³/mol. The third-order valence-corrected chi connectivity index (χ3v) is 2.83. The number of imidazole rings is 1. The lowest BCUT2D eigenvalue weighted by molar-refractivity contribution is -0.138. The standard InChI is InChI=1S/C13H15N3O3/c1-7-11(8-5-3-4-6-9(8)19-2)16-12(15-7)10(14)13(17)18/h3-6,10H,14H2,1-2H3,(H,15,16)(H,17,18). The Hall–Kier alpha value is -2.34. The van der Waals surface area contributed by atoms with E-state index in [1.807, 2.05) is 31.2 Å². The van der Waals surface area contributed by atoms with Crippen molar-refractivity contribution in [2.45, 2.75) is 13.0 Å². The van der Waals surface area contributed by atoms with E-state index < -0.39 is 12.0 Å². The molecule has 0 fully saturated rings. The van der Waals surface area contributed by atoms with E-state index in [4.69, 9.17) is 15.6 Å². The second-order valence-electron chi connectivity index (χ2n) is 4.11. The first-order chi connectivity index (χ1) is 9.04. The van der Waals surface area contributed by atoms with Gasteiger partial charge in [-0.25, -0.2) is 4.98 Å². The number of rotatable bonds is 4. The monoisotopic (exact) mass is 261 g/mol. The van der Waals surface area contributed by atoms with Crippen molar-refractivity contribution in [2.75, 3.05) is 7.11 Å². The van der Waals surface area contributed by atoms with Crippen LogP contribution in [-0.2, 0) is 4.79 Å². The van der Waals surface area contributed by atoms with Crippen LogP contribution in [0.4, 0.5) is 0 Å². The first-order valence-electron chi connectivity index (χ1n) is 5.73.